The first-order chi connectivity index (χ1) is 11.2. The molecule has 0 saturated heterocycles. The summed E-state index contributed by atoms with van der Waals surface area (Å²) >= 11 is 6.07. The van der Waals surface area contributed by atoms with E-state index in [0.29, 0.717) is 16.5 Å². The average Bonchev–Trinajstić information content (AvgIpc) is 2.57. The zero-order chi connectivity index (χ0) is 16.2. The third-order valence-electron chi connectivity index (χ3n) is 3.36. The summed E-state index contributed by atoms with van der Waals surface area (Å²) in [6, 6.07) is 18.9. The number of rotatable bonds is 4. The Bertz CT molecular complexity index is 816. The molecule has 23 heavy (non-hydrogen) atoms. The van der Waals surface area contributed by atoms with Gasteiger partial charge in [0.25, 0.3) is 0 Å². The van der Waals surface area contributed by atoms with Crippen LogP contribution in [-0.4, -0.2) is 7.11 Å². The van der Waals surface area contributed by atoms with Gasteiger partial charge in [0, 0.05) is 10.6 Å². The number of hydrogen-bond acceptors (Lipinski definition) is 2. The molecule has 0 aliphatic rings. The summed E-state index contributed by atoms with van der Waals surface area (Å²) in [6.45, 7) is 0. The highest BCUT2D eigenvalue weighted by molar-refractivity contribution is 6.30. The average molecular weight is 329 g/mol. The van der Waals surface area contributed by atoms with Crippen molar-refractivity contribution in [1.82, 2.24) is 0 Å². The van der Waals surface area contributed by atoms with Crippen molar-refractivity contribution in [2.24, 2.45) is 0 Å². The van der Waals surface area contributed by atoms with Crippen molar-refractivity contribution in [3.8, 4) is 28.4 Å². The molecule has 0 aromatic heterocycles. The van der Waals surface area contributed by atoms with Crippen molar-refractivity contribution in [2.45, 2.75) is 0 Å². The molecule has 0 saturated carbocycles. The second-order valence-corrected chi connectivity index (χ2v) is 5.36. The second kappa shape index (κ2) is 6.71. The third-order valence-corrected chi connectivity index (χ3v) is 3.59. The lowest BCUT2D eigenvalue weighted by Gasteiger charge is -2.12. The monoisotopic (exact) mass is 328 g/mol. The summed E-state index contributed by atoms with van der Waals surface area (Å²) in [4.78, 5) is 0. The third kappa shape index (κ3) is 3.63. The molecule has 0 aliphatic heterocycles. The van der Waals surface area contributed by atoms with E-state index in [1.54, 1.807) is 25.3 Å². The zero-order valence-electron chi connectivity index (χ0n) is 12.4. The van der Waals surface area contributed by atoms with E-state index in [9.17, 15) is 4.39 Å². The topological polar surface area (TPSA) is 18.5 Å². The predicted molar refractivity (Wildman–Crippen MR) is 89.9 cm³/mol. The highest BCUT2D eigenvalue weighted by Gasteiger charge is 2.09. The van der Waals surface area contributed by atoms with Crippen molar-refractivity contribution >= 4 is 11.6 Å². The fourth-order valence-corrected chi connectivity index (χ4v) is 2.46. The molecule has 0 atom stereocenters. The first-order valence-corrected chi connectivity index (χ1v) is 7.41. The molecule has 3 aromatic rings. The summed E-state index contributed by atoms with van der Waals surface area (Å²) in [7, 11) is 1.61. The van der Waals surface area contributed by atoms with E-state index in [0.717, 1.165) is 16.9 Å². The standard InChI is InChI=1S/C19H14ClFO2/c1-22-19-10-9-17(23-16-7-5-15(21)6-8-16)12-18(19)13-3-2-4-14(20)11-13/h2-12H,1H3. The highest BCUT2D eigenvalue weighted by Crippen LogP contribution is 2.35. The lowest BCUT2D eigenvalue weighted by molar-refractivity contribution is 0.414. The predicted octanol–water partition coefficient (Wildman–Crippen LogP) is 5.95. The molecule has 3 rings (SSSR count). The minimum absolute atomic E-state index is 0.299. The van der Waals surface area contributed by atoms with Gasteiger partial charge in [-0.1, -0.05) is 23.7 Å². The summed E-state index contributed by atoms with van der Waals surface area (Å²) in [5, 5.41) is 0.648. The van der Waals surface area contributed by atoms with Crippen molar-refractivity contribution in [3.05, 3.63) is 77.6 Å². The van der Waals surface area contributed by atoms with Gasteiger partial charge in [0.05, 0.1) is 7.11 Å². The molecule has 0 fully saturated rings. The fraction of sp³-hybridized carbons (Fsp3) is 0.0526. The van der Waals surface area contributed by atoms with E-state index in [1.807, 2.05) is 36.4 Å². The van der Waals surface area contributed by atoms with E-state index >= 15 is 0 Å². The number of ether oxygens (including phenoxy) is 2. The second-order valence-electron chi connectivity index (χ2n) is 4.93. The Kier molecular flexibility index (Phi) is 4.49. The smallest absolute Gasteiger partial charge is 0.128 e. The van der Waals surface area contributed by atoms with Gasteiger partial charge in [-0.2, -0.15) is 0 Å². The van der Waals surface area contributed by atoms with E-state index in [2.05, 4.69) is 0 Å². The van der Waals surface area contributed by atoms with Crippen LogP contribution in [0, 0.1) is 5.82 Å². The summed E-state index contributed by atoms with van der Waals surface area (Å²) in [5.41, 5.74) is 1.80. The SMILES string of the molecule is COc1ccc(Oc2ccc(F)cc2)cc1-c1cccc(Cl)c1. The maximum atomic E-state index is 13.0. The van der Waals surface area contributed by atoms with Crippen molar-refractivity contribution in [3.63, 3.8) is 0 Å². The highest BCUT2D eigenvalue weighted by atomic mass is 35.5. The lowest BCUT2D eigenvalue weighted by atomic mass is 10.0. The van der Waals surface area contributed by atoms with E-state index in [1.165, 1.54) is 12.1 Å². The molecule has 0 N–H and O–H groups in total. The first-order valence-electron chi connectivity index (χ1n) is 7.03. The number of hydrogen-bond donors (Lipinski definition) is 0. The number of benzene rings is 3. The minimum Gasteiger partial charge on any atom is -0.496 e. The van der Waals surface area contributed by atoms with Gasteiger partial charge < -0.3 is 9.47 Å². The van der Waals surface area contributed by atoms with Crippen LogP contribution in [0.25, 0.3) is 11.1 Å². The number of methoxy groups -OCH3 is 1. The van der Waals surface area contributed by atoms with Gasteiger partial charge in [0.15, 0.2) is 0 Å². The molecular formula is C19H14ClFO2. The Morgan fingerprint density at radius 2 is 1.61 bits per heavy atom. The Morgan fingerprint density at radius 3 is 2.30 bits per heavy atom. The van der Waals surface area contributed by atoms with Crippen LogP contribution in [0.2, 0.25) is 5.02 Å². The van der Waals surface area contributed by atoms with Gasteiger partial charge in [0.2, 0.25) is 0 Å². The van der Waals surface area contributed by atoms with Crippen molar-refractivity contribution in [1.29, 1.82) is 0 Å². The Labute approximate surface area is 139 Å². The van der Waals surface area contributed by atoms with Crippen LogP contribution in [-0.2, 0) is 0 Å². The normalized spacial score (nSPS) is 10.4. The summed E-state index contributed by atoms with van der Waals surface area (Å²) in [5.74, 6) is 1.62. The van der Waals surface area contributed by atoms with Crippen LogP contribution < -0.4 is 9.47 Å². The molecule has 0 heterocycles. The molecule has 0 aliphatic carbocycles. The van der Waals surface area contributed by atoms with Gasteiger partial charge in [0.1, 0.15) is 23.1 Å². The largest absolute Gasteiger partial charge is 0.496 e. The Balaban J connectivity index is 1.97. The fourth-order valence-electron chi connectivity index (χ4n) is 2.27. The molecule has 0 radical (unpaired) electrons. The molecule has 0 spiro atoms. The number of halogens is 2. The van der Waals surface area contributed by atoms with Gasteiger partial charge >= 0.3 is 0 Å². The Hall–Kier alpha value is -2.52. The quantitative estimate of drug-likeness (QED) is 0.589. The van der Waals surface area contributed by atoms with Crippen LogP contribution in [0.5, 0.6) is 17.2 Å². The van der Waals surface area contributed by atoms with E-state index in [4.69, 9.17) is 21.1 Å². The van der Waals surface area contributed by atoms with Crippen LogP contribution in [0.4, 0.5) is 4.39 Å². The van der Waals surface area contributed by atoms with Crippen LogP contribution in [0.3, 0.4) is 0 Å². The van der Waals surface area contributed by atoms with E-state index < -0.39 is 0 Å². The van der Waals surface area contributed by atoms with Crippen molar-refractivity contribution in [2.75, 3.05) is 7.11 Å². The zero-order valence-corrected chi connectivity index (χ0v) is 13.2. The molecule has 0 bridgehead atoms. The van der Waals surface area contributed by atoms with Gasteiger partial charge in [-0.3, -0.25) is 0 Å². The molecule has 0 amide bonds. The first kappa shape index (κ1) is 15.4. The van der Waals surface area contributed by atoms with Crippen LogP contribution in [0.15, 0.2) is 66.7 Å². The van der Waals surface area contributed by atoms with Gasteiger partial charge in [-0.15, -0.1) is 0 Å². The maximum Gasteiger partial charge on any atom is 0.128 e. The van der Waals surface area contributed by atoms with Gasteiger partial charge in [-0.05, 0) is 60.2 Å². The minimum atomic E-state index is -0.299. The van der Waals surface area contributed by atoms with E-state index in [-0.39, 0.29) is 5.82 Å². The molecule has 3 aromatic carbocycles. The van der Waals surface area contributed by atoms with Gasteiger partial charge in [-0.25, -0.2) is 4.39 Å². The molecule has 0 unspecified atom stereocenters. The van der Waals surface area contributed by atoms with Crippen molar-refractivity contribution < 1.29 is 13.9 Å². The summed E-state index contributed by atoms with van der Waals surface area (Å²) < 4.78 is 24.1. The van der Waals surface area contributed by atoms with Crippen LogP contribution in [0.1, 0.15) is 0 Å². The molecule has 4 heteroatoms. The summed E-state index contributed by atoms with van der Waals surface area (Å²) in [6.07, 6.45) is 0. The molecule has 2 nitrogen and oxygen atoms in total. The Morgan fingerprint density at radius 1 is 0.870 bits per heavy atom. The van der Waals surface area contributed by atoms with Crippen LogP contribution >= 0.6 is 11.6 Å². The molecule has 116 valence electrons. The molecular weight excluding hydrogens is 315 g/mol. The lowest BCUT2D eigenvalue weighted by Crippen LogP contribution is -1.90. The maximum absolute atomic E-state index is 13.0.